The lowest BCUT2D eigenvalue weighted by molar-refractivity contribution is -0.870. The number of carbonyl (C=O) groups is 3. The molecule has 0 radical (unpaired) electrons. The van der Waals surface area contributed by atoms with E-state index in [4.69, 9.17) is 18.9 Å². The van der Waals surface area contributed by atoms with Crippen molar-refractivity contribution in [2.45, 2.75) is 245 Å². The molecule has 0 saturated carbocycles. The van der Waals surface area contributed by atoms with Crippen molar-refractivity contribution in [2.75, 3.05) is 47.5 Å². The molecule has 87 heavy (non-hydrogen) atoms. The molecular formula is C78H123NO8. The van der Waals surface area contributed by atoms with Crippen molar-refractivity contribution in [1.82, 2.24) is 0 Å². The quantitative estimate of drug-likeness (QED) is 0.0195. The zero-order valence-electron chi connectivity index (χ0n) is 55.6. The average Bonchev–Trinajstić information content (AvgIpc) is 3.59. The highest BCUT2D eigenvalue weighted by Crippen LogP contribution is 2.13. The average molecular weight is 1200 g/mol. The van der Waals surface area contributed by atoms with Crippen molar-refractivity contribution < 1.29 is 42.9 Å². The number of carboxylic acids is 1. The van der Waals surface area contributed by atoms with Crippen LogP contribution in [0.5, 0.6) is 0 Å². The van der Waals surface area contributed by atoms with Crippen LogP contribution in [0.25, 0.3) is 0 Å². The number of hydrogen-bond donors (Lipinski definition) is 0. The fourth-order valence-electron chi connectivity index (χ4n) is 8.46. The second-order valence-electron chi connectivity index (χ2n) is 23.0. The maximum atomic E-state index is 12.9. The van der Waals surface area contributed by atoms with Crippen LogP contribution in [0.4, 0.5) is 0 Å². The van der Waals surface area contributed by atoms with Crippen LogP contribution in [0.3, 0.4) is 0 Å². The maximum Gasteiger partial charge on any atom is 0.306 e. The fraction of sp³-hybridized carbons (Fsp3) is 0.577. The van der Waals surface area contributed by atoms with E-state index >= 15 is 0 Å². The summed E-state index contributed by atoms with van der Waals surface area (Å²) in [6.07, 6.45) is 98.2. The number of carboxylic acid groups (broad SMARTS) is 1. The van der Waals surface area contributed by atoms with Crippen molar-refractivity contribution in [2.24, 2.45) is 0 Å². The highest BCUT2D eigenvalue weighted by molar-refractivity contribution is 5.70. The lowest BCUT2D eigenvalue weighted by atomic mass is 10.1. The van der Waals surface area contributed by atoms with Gasteiger partial charge < -0.3 is 33.3 Å². The molecule has 0 spiro atoms. The molecule has 0 aliphatic rings. The third kappa shape index (κ3) is 67.8. The van der Waals surface area contributed by atoms with Crippen molar-refractivity contribution in [1.29, 1.82) is 0 Å². The van der Waals surface area contributed by atoms with Crippen LogP contribution in [0, 0.1) is 0 Å². The van der Waals surface area contributed by atoms with E-state index in [0.29, 0.717) is 23.9 Å². The van der Waals surface area contributed by atoms with E-state index < -0.39 is 24.3 Å². The number of ether oxygens (including phenoxy) is 4. The topological polar surface area (TPSA) is 111 Å². The summed E-state index contributed by atoms with van der Waals surface area (Å²) in [5, 5.41) is 11.8. The molecule has 0 saturated heterocycles. The van der Waals surface area contributed by atoms with Crippen molar-refractivity contribution in [3.05, 3.63) is 182 Å². The molecule has 2 atom stereocenters. The first kappa shape index (κ1) is 81.4. The molecule has 0 aromatic carbocycles. The van der Waals surface area contributed by atoms with Gasteiger partial charge in [-0.15, -0.1) is 0 Å². The van der Waals surface area contributed by atoms with Crippen LogP contribution >= 0.6 is 0 Å². The molecule has 0 amide bonds. The minimum atomic E-state index is -1.64. The first-order valence-electron chi connectivity index (χ1n) is 33.9. The number of carbonyl (C=O) groups excluding carboxylic acids is 3. The van der Waals surface area contributed by atoms with Crippen molar-refractivity contribution >= 4 is 17.9 Å². The molecule has 0 aliphatic heterocycles. The molecule has 0 N–H and O–H groups in total. The SMILES string of the molecule is CC/C=C\C/C=C\C/C=C\C/C=C\C/C=C\C/C=C\C/C=C\C/C=C\C/C=C\C/C=C\C/C=C\C/C=C\CCCCCCC(=O)OC(COC(=O)CCCCCCCC/C=C\C/C=C\C/C=C\CCCCCCC)COC(OCC[N+](C)(C)C)C(=O)[O-]. The number of esters is 2. The minimum absolute atomic E-state index is 0.130. The molecule has 2 unspecified atom stereocenters. The van der Waals surface area contributed by atoms with Crippen molar-refractivity contribution in [3.63, 3.8) is 0 Å². The molecule has 0 fully saturated rings. The highest BCUT2D eigenvalue weighted by atomic mass is 16.7. The summed E-state index contributed by atoms with van der Waals surface area (Å²) in [6.45, 7) is 4.55. The predicted octanol–water partition coefficient (Wildman–Crippen LogP) is 19.9. The third-order valence-corrected chi connectivity index (χ3v) is 13.6. The Bertz CT molecular complexity index is 2080. The Morgan fingerprint density at radius 2 is 0.655 bits per heavy atom. The summed E-state index contributed by atoms with van der Waals surface area (Å²) in [4.78, 5) is 37.4. The molecule has 0 heterocycles. The Labute approximate surface area is 532 Å². The van der Waals surface area contributed by atoms with Gasteiger partial charge in [-0.3, -0.25) is 9.59 Å². The van der Waals surface area contributed by atoms with E-state index in [9.17, 15) is 19.5 Å². The van der Waals surface area contributed by atoms with Crippen molar-refractivity contribution in [3.8, 4) is 0 Å². The van der Waals surface area contributed by atoms with E-state index in [-0.39, 0.29) is 38.6 Å². The zero-order valence-corrected chi connectivity index (χ0v) is 55.6. The number of allylic oxidation sites excluding steroid dienone is 30. The van der Waals surface area contributed by atoms with Gasteiger partial charge in [0.25, 0.3) is 0 Å². The van der Waals surface area contributed by atoms with Gasteiger partial charge in [0.05, 0.1) is 40.3 Å². The summed E-state index contributed by atoms with van der Waals surface area (Å²) in [5.74, 6) is -2.36. The molecular weight excluding hydrogens is 1080 g/mol. The van der Waals surface area contributed by atoms with Gasteiger partial charge in [-0.05, 0) is 141 Å². The van der Waals surface area contributed by atoms with Gasteiger partial charge in [0.15, 0.2) is 12.4 Å². The summed E-state index contributed by atoms with van der Waals surface area (Å²) < 4.78 is 22.7. The predicted molar refractivity (Wildman–Crippen MR) is 370 cm³/mol. The van der Waals surface area contributed by atoms with E-state index in [1.165, 1.54) is 38.5 Å². The normalized spacial score (nSPS) is 13.9. The molecule has 0 aromatic heterocycles. The smallest absolute Gasteiger partial charge is 0.306 e. The Morgan fingerprint density at radius 3 is 0.977 bits per heavy atom. The molecule has 0 aromatic rings. The van der Waals surface area contributed by atoms with Crippen LogP contribution in [-0.4, -0.2) is 82.3 Å². The maximum absolute atomic E-state index is 12.9. The molecule has 9 nitrogen and oxygen atoms in total. The lowest BCUT2D eigenvalue weighted by Gasteiger charge is -2.26. The van der Waals surface area contributed by atoms with E-state index in [0.717, 1.165) is 154 Å². The van der Waals surface area contributed by atoms with E-state index in [1.807, 2.05) is 21.1 Å². The number of nitrogens with zero attached hydrogens (tertiary/aromatic N) is 1. The zero-order chi connectivity index (χ0) is 63.3. The number of likely N-dealkylation sites (N-methyl/N-ethyl adjacent to an activating group) is 1. The van der Waals surface area contributed by atoms with Crippen LogP contribution in [-0.2, 0) is 33.3 Å². The number of quaternary nitrogens is 1. The number of rotatable bonds is 60. The number of aliphatic carboxylic acids is 1. The third-order valence-electron chi connectivity index (χ3n) is 13.6. The fourth-order valence-corrected chi connectivity index (χ4v) is 8.46. The summed E-state index contributed by atoms with van der Waals surface area (Å²) in [6, 6.07) is 0. The molecule has 0 rings (SSSR count). The number of hydrogen-bond acceptors (Lipinski definition) is 8. The highest BCUT2D eigenvalue weighted by Gasteiger charge is 2.22. The monoisotopic (exact) mass is 1200 g/mol. The molecule has 0 aliphatic carbocycles. The molecule has 9 heteroatoms. The largest absolute Gasteiger partial charge is 0.545 e. The summed E-state index contributed by atoms with van der Waals surface area (Å²) >= 11 is 0. The Balaban J connectivity index is 4.28. The molecule has 488 valence electrons. The second-order valence-corrected chi connectivity index (χ2v) is 23.0. The van der Waals surface area contributed by atoms with Crippen LogP contribution in [0.2, 0.25) is 0 Å². The van der Waals surface area contributed by atoms with E-state index in [2.05, 4.69) is 196 Å². The van der Waals surface area contributed by atoms with Crippen LogP contribution in [0.1, 0.15) is 232 Å². The van der Waals surface area contributed by atoms with Gasteiger partial charge in [-0.1, -0.05) is 260 Å². The van der Waals surface area contributed by atoms with Gasteiger partial charge in [-0.2, -0.15) is 0 Å². The first-order chi connectivity index (χ1) is 42.6. The lowest BCUT2D eigenvalue weighted by Crippen LogP contribution is -2.44. The summed E-state index contributed by atoms with van der Waals surface area (Å²) in [7, 11) is 5.90. The second kappa shape index (κ2) is 66.3. The van der Waals surface area contributed by atoms with Crippen LogP contribution in [0.15, 0.2) is 182 Å². The summed E-state index contributed by atoms with van der Waals surface area (Å²) in [5.41, 5.74) is 0. The molecule has 0 bridgehead atoms. The van der Waals surface area contributed by atoms with Gasteiger partial charge in [0, 0.05) is 12.8 Å². The first-order valence-corrected chi connectivity index (χ1v) is 33.9. The van der Waals surface area contributed by atoms with Crippen LogP contribution < -0.4 is 5.11 Å². The minimum Gasteiger partial charge on any atom is -0.545 e. The van der Waals surface area contributed by atoms with E-state index in [1.54, 1.807) is 0 Å². The van der Waals surface area contributed by atoms with Gasteiger partial charge in [0.2, 0.25) is 0 Å². The standard InChI is InChI=1S/C78H123NO8/c1-6-8-10-12-14-16-18-20-22-24-26-28-29-30-31-32-33-34-35-36-37-38-39-40-41-42-43-44-45-46-47-49-51-53-55-57-59-61-63-65-67-69-76(81)87-74(73-86-78(77(82)83)84-71-70-79(3,4)5)72-85-75(80)68-66-64-62-60-58-56-54-52-50-48-27-25-23-21-19-17-15-13-11-9-7-2/h8,10,14,16,19-22,25-28,30-31,33-34,36-37,39-40,42-43,45-46,49-52,55,57,74,78H,6-7,9,11-13,15,17-18,23-24,29,32,35,38,41,44,47-48,53-54,56,58-73H2,1-5H3/b10-8-,16-14-,21-19-,22-20-,27-25-,28-26-,31-30-,34-33-,37-36-,40-39-,43-42-,46-45-,51-49-,52-50-,57-55-. The Kier molecular flexibility index (Phi) is 62.1. The van der Waals surface area contributed by atoms with Gasteiger partial charge >= 0.3 is 11.9 Å². The van der Waals surface area contributed by atoms with Gasteiger partial charge in [0.1, 0.15) is 13.2 Å². The Hall–Kier alpha value is -5.61. The van der Waals surface area contributed by atoms with Gasteiger partial charge in [-0.25, -0.2) is 0 Å². The Morgan fingerprint density at radius 1 is 0.356 bits per heavy atom. The number of unbranched alkanes of at least 4 members (excludes halogenated alkanes) is 15.